The van der Waals surface area contributed by atoms with Crippen LogP contribution in [0.4, 0.5) is 5.82 Å². The van der Waals surface area contributed by atoms with Gasteiger partial charge in [0.15, 0.2) is 0 Å². The first-order valence-corrected chi connectivity index (χ1v) is 3.88. The number of aromatic nitrogens is 2. The molecule has 1 heterocycles. The van der Waals surface area contributed by atoms with E-state index in [2.05, 4.69) is 15.3 Å². The maximum atomic E-state index is 10.3. The zero-order valence-electron chi connectivity index (χ0n) is 5.40. The van der Waals surface area contributed by atoms with E-state index in [1.165, 1.54) is 6.33 Å². The molecule has 0 fully saturated rings. The fourth-order valence-corrected chi connectivity index (χ4v) is 0.869. The molecule has 11 heavy (non-hydrogen) atoms. The molecule has 0 radical (unpaired) electrons. The molecule has 0 aromatic carbocycles. The number of H-pyrrole nitrogens is 1. The first-order valence-electron chi connectivity index (χ1n) is 2.74. The third kappa shape index (κ3) is 2.06. The summed E-state index contributed by atoms with van der Waals surface area (Å²) in [5.74, 6) is 0.451. The van der Waals surface area contributed by atoms with Crippen LogP contribution in [0.5, 0.6) is 0 Å². The Morgan fingerprint density at radius 2 is 2.64 bits per heavy atom. The van der Waals surface area contributed by atoms with Crippen molar-refractivity contribution < 1.29 is 24.1 Å². The maximum absolute atomic E-state index is 10.3. The minimum atomic E-state index is 0.394. The van der Waals surface area contributed by atoms with Gasteiger partial charge in [-0.15, -0.1) is 0 Å². The van der Waals surface area contributed by atoms with Crippen LogP contribution < -0.4 is 11.1 Å². The molecule has 5 nitrogen and oxygen atoms in total. The van der Waals surface area contributed by atoms with Gasteiger partial charge in [-0.2, -0.15) is 0 Å². The van der Waals surface area contributed by atoms with Gasteiger partial charge in [0.1, 0.15) is 0 Å². The molecule has 62 valence electrons. The molecule has 1 aromatic rings. The number of nitrogens with one attached hydrogen (secondary N) is 2. The molecule has 6 heteroatoms. The number of nitrogens with two attached hydrogens (primary N) is 1. The van der Waals surface area contributed by atoms with Gasteiger partial charge in [-0.05, 0) is 0 Å². The van der Waals surface area contributed by atoms with Gasteiger partial charge in [0.2, 0.25) is 0 Å². The summed E-state index contributed by atoms with van der Waals surface area (Å²) in [6, 6.07) is 0. The van der Waals surface area contributed by atoms with Gasteiger partial charge in [0.05, 0.1) is 0 Å². The number of anilines is 1. The Bertz CT molecular complexity index is 282. The van der Waals surface area contributed by atoms with E-state index in [1.54, 1.807) is 0 Å². The Morgan fingerprint density at radius 3 is 3.18 bits per heavy atom. The molecule has 0 unspecified atom stereocenters. The summed E-state index contributed by atoms with van der Waals surface area (Å²) in [5, 5.41) is 2.71. The van der Waals surface area contributed by atoms with Crippen molar-refractivity contribution in [2.24, 2.45) is 5.73 Å². The van der Waals surface area contributed by atoms with Crippen molar-refractivity contribution >= 4 is 16.2 Å². The average Bonchev–Trinajstić information content (AvgIpc) is 2.34. The van der Waals surface area contributed by atoms with E-state index in [4.69, 9.17) is 5.73 Å². The topological polar surface area (TPSA) is 83.8 Å². The molecule has 1 aromatic heterocycles. The Morgan fingerprint density at radius 1 is 1.91 bits per heavy atom. The van der Waals surface area contributed by atoms with Gasteiger partial charge >= 0.3 is 73.4 Å². The summed E-state index contributed by atoms with van der Waals surface area (Å²) in [4.78, 5) is 16.8. The van der Waals surface area contributed by atoms with Crippen LogP contribution in [0.2, 0.25) is 0 Å². The number of aromatic amines is 1. The van der Waals surface area contributed by atoms with Gasteiger partial charge in [0, 0.05) is 0 Å². The average molecular weight is 333 g/mol. The fraction of sp³-hybridized carbons (Fsp3) is 0. The van der Waals surface area contributed by atoms with Gasteiger partial charge < -0.3 is 0 Å². The second-order valence-electron chi connectivity index (χ2n) is 1.72. The minimum absolute atomic E-state index is 0.394. The number of nitrogens with zero attached hydrogens (tertiary/aromatic N) is 1. The molecule has 0 atom stereocenters. The van der Waals surface area contributed by atoms with Crippen molar-refractivity contribution in [1.29, 1.82) is 0 Å². The van der Waals surface area contributed by atoms with Gasteiger partial charge in [-0.3, -0.25) is 0 Å². The number of imidazole rings is 1. The zero-order chi connectivity index (χ0) is 8.27. The normalized spacial score (nSPS) is 9.36. The molecule has 0 aliphatic carbocycles. The van der Waals surface area contributed by atoms with Gasteiger partial charge in [0.25, 0.3) is 0 Å². The summed E-state index contributed by atoms with van der Waals surface area (Å²) >= 11 is 1.87. The predicted molar refractivity (Wildman–Crippen MR) is 36.8 cm³/mol. The SMILES string of the molecule is N[C](=[Pt])Nc1nc[nH]c1C=O. The fourth-order valence-electron chi connectivity index (χ4n) is 0.600. The van der Waals surface area contributed by atoms with Crippen LogP contribution in [0, 0.1) is 0 Å². The van der Waals surface area contributed by atoms with E-state index in [9.17, 15) is 4.79 Å². The Hall–Kier alpha value is -0.802. The molecule has 0 bridgehead atoms. The first-order chi connectivity index (χ1) is 5.24. The van der Waals surface area contributed by atoms with Crippen molar-refractivity contribution in [3.8, 4) is 0 Å². The van der Waals surface area contributed by atoms with Crippen molar-refractivity contribution in [1.82, 2.24) is 9.97 Å². The Kier molecular flexibility index (Phi) is 2.68. The van der Waals surface area contributed by atoms with Crippen LogP contribution in [-0.2, 0) is 19.4 Å². The predicted octanol–water partition coefficient (Wildman–Crippen LogP) is -0.773. The van der Waals surface area contributed by atoms with E-state index in [0.717, 1.165) is 0 Å². The van der Waals surface area contributed by atoms with E-state index in [1.807, 2.05) is 19.4 Å². The van der Waals surface area contributed by atoms with Crippen molar-refractivity contribution in [3.63, 3.8) is 0 Å². The summed E-state index contributed by atoms with van der Waals surface area (Å²) in [6.45, 7) is 0. The van der Waals surface area contributed by atoms with Crippen LogP contribution in [0.1, 0.15) is 10.5 Å². The van der Waals surface area contributed by atoms with Crippen molar-refractivity contribution in [3.05, 3.63) is 12.0 Å². The van der Waals surface area contributed by atoms with Crippen molar-refractivity contribution in [2.75, 3.05) is 5.32 Å². The molecular formula is C5H6N4OPt. The monoisotopic (exact) mass is 333 g/mol. The number of aldehydes is 1. The van der Waals surface area contributed by atoms with Crippen LogP contribution >= 0.6 is 0 Å². The zero-order valence-corrected chi connectivity index (χ0v) is 7.68. The molecule has 0 amide bonds. The summed E-state index contributed by atoms with van der Waals surface area (Å²) in [7, 11) is 0. The van der Waals surface area contributed by atoms with Crippen LogP contribution in [-0.4, -0.2) is 20.4 Å². The second kappa shape index (κ2) is 3.55. The van der Waals surface area contributed by atoms with E-state index >= 15 is 0 Å². The molecule has 4 N–H and O–H groups in total. The van der Waals surface area contributed by atoms with Crippen LogP contribution in [0.15, 0.2) is 6.33 Å². The number of hydrogen-bond donors (Lipinski definition) is 3. The van der Waals surface area contributed by atoms with E-state index in [-0.39, 0.29) is 0 Å². The standard InChI is InChI=1S/C5H6N4O.Pt/c6-2-7-5-4(1-10)8-3-9-5;/h1,3,7H,6H2,(H,8,9);. The molecule has 0 saturated heterocycles. The molecule has 0 saturated carbocycles. The van der Waals surface area contributed by atoms with Crippen LogP contribution in [0.3, 0.4) is 0 Å². The quantitative estimate of drug-likeness (QED) is 0.634. The Balaban J connectivity index is 2.84. The summed E-state index contributed by atoms with van der Waals surface area (Å²) in [6.07, 6.45) is 2.10. The third-order valence-corrected chi connectivity index (χ3v) is 1.30. The molecule has 0 aliphatic heterocycles. The first kappa shape index (κ1) is 8.30. The molecule has 0 aliphatic rings. The van der Waals surface area contributed by atoms with Crippen molar-refractivity contribution in [2.45, 2.75) is 0 Å². The Labute approximate surface area is 73.8 Å². The summed E-state index contributed by atoms with van der Waals surface area (Å²) < 4.78 is 0.472. The van der Waals surface area contributed by atoms with Gasteiger partial charge in [-0.1, -0.05) is 0 Å². The molecule has 0 spiro atoms. The third-order valence-electron chi connectivity index (χ3n) is 1.02. The summed E-state index contributed by atoms with van der Waals surface area (Å²) in [5.41, 5.74) is 5.72. The molecular weight excluding hydrogens is 327 g/mol. The number of carbonyl (C=O) groups is 1. The van der Waals surface area contributed by atoms with E-state index in [0.29, 0.717) is 21.9 Å². The van der Waals surface area contributed by atoms with Gasteiger partial charge in [-0.25, -0.2) is 0 Å². The van der Waals surface area contributed by atoms with Crippen LogP contribution in [0.25, 0.3) is 0 Å². The second-order valence-corrected chi connectivity index (χ2v) is 2.95. The number of carbonyl (C=O) groups excluding carboxylic acids is 1. The molecule has 1 rings (SSSR count). The number of rotatable bonds is 3. The number of hydrogen-bond acceptors (Lipinski definition) is 4. The van der Waals surface area contributed by atoms with E-state index < -0.39 is 0 Å².